The first-order valence-electron chi connectivity index (χ1n) is 6.07. The van der Waals surface area contributed by atoms with Crippen LogP contribution in [0.2, 0.25) is 0 Å². The van der Waals surface area contributed by atoms with Crippen LogP contribution in [0.15, 0.2) is 24.3 Å². The van der Waals surface area contributed by atoms with E-state index in [1.165, 1.54) is 7.11 Å². The predicted molar refractivity (Wildman–Crippen MR) is 69.4 cm³/mol. The SMILES string of the molecule is CCN(CC)C(=O)c1cccc(CC(=O)OC)c1. The summed E-state index contributed by atoms with van der Waals surface area (Å²) < 4.78 is 4.61. The van der Waals surface area contributed by atoms with Gasteiger partial charge in [0.1, 0.15) is 0 Å². The van der Waals surface area contributed by atoms with Gasteiger partial charge in [-0.25, -0.2) is 0 Å². The standard InChI is InChI=1S/C14H19NO3/c1-4-15(5-2)14(17)12-8-6-7-11(9-12)10-13(16)18-3/h6-9H,4-5,10H2,1-3H3. The summed E-state index contributed by atoms with van der Waals surface area (Å²) in [6.45, 7) is 5.24. The smallest absolute Gasteiger partial charge is 0.309 e. The Kier molecular flexibility index (Phi) is 5.36. The number of ether oxygens (including phenoxy) is 1. The van der Waals surface area contributed by atoms with Crippen LogP contribution < -0.4 is 0 Å². The van der Waals surface area contributed by atoms with E-state index < -0.39 is 0 Å². The number of esters is 1. The van der Waals surface area contributed by atoms with E-state index in [-0.39, 0.29) is 18.3 Å². The Bertz CT molecular complexity index is 425. The molecular weight excluding hydrogens is 230 g/mol. The molecule has 0 aliphatic rings. The highest BCUT2D eigenvalue weighted by Crippen LogP contribution is 2.09. The van der Waals surface area contributed by atoms with Crippen LogP contribution in [0.25, 0.3) is 0 Å². The molecule has 0 heterocycles. The number of rotatable bonds is 5. The Hall–Kier alpha value is -1.84. The lowest BCUT2D eigenvalue weighted by molar-refractivity contribution is -0.139. The molecular formula is C14H19NO3. The van der Waals surface area contributed by atoms with Crippen LogP contribution in [0.5, 0.6) is 0 Å². The van der Waals surface area contributed by atoms with Gasteiger partial charge in [-0.2, -0.15) is 0 Å². The Morgan fingerprint density at radius 2 is 1.89 bits per heavy atom. The van der Waals surface area contributed by atoms with Crippen molar-refractivity contribution in [3.05, 3.63) is 35.4 Å². The van der Waals surface area contributed by atoms with Gasteiger partial charge in [0.2, 0.25) is 0 Å². The molecule has 0 aliphatic carbocycles. The van der Waals surface area contributed by atoms with Crippen molar-refractivity contribution in [2.75, 3.05) is 20.2 Å². The summed E-state index contributed by atoms with van der Waals surface area (Å²) in [6, 6.07) is 7.12. The quantitative estimate of drug-likeness (QED) is 0.749. The molecule has 1 aromatic carbocycles. The van der Waals surface area contributed by atoms with Crippen LogP contribution in [0.4, 0.5) is 0 Å². The first kappa shape index (κ1) is 14.2. The highest BCUT2D eigenvalue weighted by Gasteiger charge is 2.13. The van der Waals surface area contributed by atoms with Crippen molar-refractivity contribution in [2.45, 2.75) is 20.3 Å². The lowest BCUT2D eigenvalue weighted by atomic mass is 10.1. The number of hydrogen-bond donors (Lipinski definition) is 0. The molecule has 4 nitrogen and oxygen atoms in total. The second-order valence-corrected chi connectivity index (χ2v) is 3.93. The summed E-state index contributed by atoms with van der Waals surface area (Å²) in [4.78, 5) is 25.1. The zero-order chi connectivity index (χ0) is 13.5. The van der Waals surface area contributed by atoms with Gasteiger partial charge in [-0.15, -0.1) is 0 Å². The number of nitrogens with zero attached hydrogens (tertiary/aromatic N) is 1. The highest BCUT2D eigenvalue weighted by molar-refractivity contribution is 5.94. The minimum atomic E-state index is -0.303. The topological polar surface area (TPSA) is 46.6 Å². The Labute approximate surface area is 108 Å². The normalized spacial score (nSPS) is 9.94. The summed E-state index contributed by atoms with van der Waals surface area (Å²) >= 11 is 0. The van der Waals surface area contributed by atoms with E-state index in [1.54, 1.807) is 23.1 Å². The van der Waals surface area contributed by atoms with Crippen molar-refractivity contribution in [3.8, 4) is 0 Å². The minimum absolute atomic E-state index is 0.00767. The van der Waals surface area contributed by atoms with Crippen molar-refractivity contribution in [3.63, 3.8) is 0 Å². The summed E-state index contributed by atoms with van der Waals surface area (Å²) in [6.07, 6.45) is 0.190. The number of carbonyl (C=O) groups is 2. The summed E-state index contributed by atoms with van der Waals surface area (Å²) in [5.74, 6) is -0.311. The van der Waals surface area contributed by atoms with Gasteiger partial charge < -0.3 is 9.64 Å². The fourth-order valence-corrected chi connectivity index (χ4v) is 1.75. The number of methoxy groups -OCH3 is 1. The number of hydrogen-bond acceptors (Lipinski definition) is 3. The van der Waals surface area contributed by atoms with E-state index in [0.29, 0.717) is 18.7 Å². The number of carbonyl (C=O) groups excluding carboxylic acids is 2. The first-order valence-corrected chi connectivity index (χ1v) is 6.07. The van der Waals surface area contributed by atoms with Gasteiger partial charge in [-0.05, 0) is 31.5 Å². The summed E-state index contributed by atoms with van der Waals surface area (Å²) in [5, 5.41) is 0. The van der Waals surface area contributed by atoms with Gasteiger partial charge in [-0.1, -0.05) is 12.1 Å². The van der Waals surface area contributed by atoms with Gasteiger partial charge in [0, 0.05) is 18.7 Å². The van der Waals surface area contributed by atoms with Gasteiger partial charge in [-0.3, -0.25) is 9.59 Å². The van der Waals surface area contributed by atoms with Crippen molar-refractivity contribution in [1.29, 1.82) is 0 Å². The third-order valence-corrected chi connectivity index (χ3v) is 2.80. The van der Waals surface area contributed by atoms with Gasteiger partial charge in [0.25, 0.3) is 5.91 Å². The molecule has 0 radical (unpaired) electrons. The third-order valence-electron chi connectivity index (χ3n) is 2.80. The van der Waals surface area contributed by atoms with Crippen molar-refractivity contribution < 1.29 is 14.3 Å². The zero-order valence-electron chi connectivity index (χ0n) is 11.1. The maximum absolute atomic E-state index is 12.1. The van der Waals surface area contributed by atoms with Crippen molar-refractivity contribution >= 4 is 11.9 Å². The molecule has 0 unspecified atom stereocenters. The molecule has 0 aliphatic heterocycles. The van der Waals surface area contributed by atoms with Crippen LogP contribution in [0.3, 0.4) is 0 Å². The number of amides is 1. The van der Waals surface area contributed by atoms with Crippen LogP contribution in [0, 0.1) is 0 Å². The van der Waals surface area contributed by atoms with E-state index in [2.05, 4.69) is 4.74 Å². The average molecular weight is 249 g/mol. The summed E-state index contributed by atoms with van der Waals surface area (Å²) in [5.41, 5.74) is 1.40. The molecule has 98 valence electrons. The van der Waals surface area contributed by atoms with Crippen LogP contribution in [-0.2, 0) is 16.0 Å². The second kappa shape index (κ2) is 6.79. The Morgan fingerprint density at radius 1 is 1.22 bits per heavy atom. The van der Waals surface area contributed by atoms with E-state index in [9.17, 15) is 9.59 Å². The van der Waals surface area contributed by atoms with E-state index in [1.807, 2.05) is 19.9 Å². The molecule has 18 heavy (non-hydrogen) atoms. The van der Waals surface area contributed by atoms with Crippen LogP contribution in [-0.4, -0.2) is 37.0 Å². The van der Waals surface area contributed by atoms with Gasteiger partial charge in [0.15, 0.2) is 0 Å². The largest absolute Gasteiger partial charge is 0.469 e. The monoisotopic (exact) mass is 249 g/mol. The zero-order valence-corrected chi connectivity index (χ0v) is 11.1. The Morgan fingerprint density at radius 3 is 2.44 bits per heavy atom. The maximum Gasteiger partial charge on any atom is 0.309 e. The van der Waals surface area contributed by atoms with Crippen molar-refractivity contribution in [2.24, 2.45) is 0 Å². The van der Waals surface area contributed by atoms with Crippen LogP contribution >= 0.6 is 0 Å². The minimum Gasteiger partial charge on any atom is -0.469 e. The molecule has 0 N–H and O–H groups in total. The number of benzene rings is 1. The molecule has 0 atom stereocenters. The predicted octanol–water partition coefficient (Wildman–Crippen LogP) is 1.88. The fourth-order valence-electron chi connectivity index (χ4n) is 1.75. The molecule has 0 saturated heterocycles. The molecule has 0 spiro atoms. The lowest BCUT2D eigenvalue weighted by Crippen LogP contribution is -2.30. The van der Waals surface area contributed by atoms with Gasteiger partial charge in [0.05, 0.1) is 13.5 Å². The molecule has 0 aromatic heterocycles. The van der Waals surface area contributed by atoms with E-state index >= 15 is 0 Å². The molecule has 1 aromatic rings. The average Bonchev–Trinajstić information content (AvgIpc) is 2.40. The van der Waals surface area contributed by atoms with E-state index in [4.69, 9.17) is 0 Å². The van der Waals surface area contributed by atoms with E-state index in [0.717, 1.165) is 5.56 Å². The highest BCUT2D eigenvalue weighted by atomic mass is 16.5. The van der Waals surface area contributed by atoms with Crippen LogP contribution in [0.1, 0.15) is 29.8 Å². The second-order valence-electron chi connectivity index (χ2n) is 3.93. The molecule has 1 rings (SSSR count). The molecule has 0 bridgehead atoms. The maximum atomic E-state index is 12.1. The van der Waals surface area contributed by atoms with Gasteiger partial charge >= 0.3 is 5.97 Å². The third kappa shape index (κ3) is 3.58. The first-order chi connectivity index (χ1) is 8.62. The molecule has 0 saturated carbocycles. The van der Waals surface area contributed by atoms with Crippen molar-refractivity contribution in [1.82, 2.24) is 4.90 Å². The molecule has 1 amide bonds. The summed E-state index contributed by atoms with van der Waals surface area (Å²) in [7, 11) is 1.35. The Balaban J connectivity index is 2.87. The fraction of sp³-hybridized carbons (Fsp3) is 0.429. The molecule has 0 fully saturated rings. The molecule has 4 heteroatoms. The lowest BCUT2D eigenvalue weighted by Gasteiger charge is -2.18.